The first kappa shape index (κ1) is 46.5. The predicted octanol–water partition coefficient (Wildman–Crippen LogP) is 7.95. The summed E-state index contributed by atoms with van der Waals surface area (Å²) in [5.74, 6) is -0.801. The third-order valence-corrected chi connectivity index (χ3v) is 10.4. The van der Waals surface area contributed by atoms with E-state index in [2.05, 4.69) is 57.9 Å². The summed E-state index contributed by atoms with van der Waals surface area (Å²) < 4.78 is 55.1. The van der Waals surface area contributed by atoms with Crippen molar-refractivity contribution < 1.29 is 40.8 Å². The molecule has 0 amide bonds. The lowest BCUT2D eigenvalue weighted by Gasteiger charge is -2.40. The Balaban J connectivity index is 0. The van der Waals surface area contributed by atoms with E-state index in [1.54, 1.807) is 26.0 Å². The molecule has 6 rings (SSSR count). The Hall–Kier alpha value is -5.52. The van der Waals surface area contributed by atoms with E-state index in [0.29, 0.717) is 56.7 Å². The van der Waals surface area contributed by atoms with Crippen molar-refractivity contribution in [3.63, 3.8) is 0 Å². The molecule has 340 valence electrons. The highest BCUT2D eigenvalue weighted by atomic mass is 19.4. The van der Waals surface area contributed by atoms with Crippen LogP contribution in [0.1, 0.15) is 112 Å². The zero-order valence-corrected chi connectivity index (χ0v) is 35.3. The SMILES string of the molecule is C=C(F)c1ccc(N2CCNC(CC(C)(C)O)C2)nc1C(=O)c1cccnc1N.CCC[C@H]1CN(c2ccc(C(F)(F)F)c(C(=O)c3cccnc3N)n2)C[C@H](CC(C)C)N1.[HH].[HH].[HH].[HH].[HH].[HH]. The first-order valence-electron chi connectivity index (χ1n) is 20.4. The highest BCUT2D eigenvalue weighted by Crippen LogP contribution is 2.35. The smallest absolute Gasteiger partial charge is 0.390 e. The van der Waals surface area contributed by atoms with Crippen LogP contribution < -0.4 is 31.9 Å². The summed E-state index contributed by atoms with van der Waals surface area (Å²) in [5.41, 5.74) is 9.11. The number of carbonyl (C=O) groups excluding carboxylic acids is 2. The third-order valence-electron chi connectivity index (χ3n) is 10.4. The van der Waals surface area contributed by atoms with Crippen molar-refractivity contribution in [2.45, 2.75) is 90.2 Å². The van der Waals surface area contributed by atoms with Crippen LogP contribution in [0.3, 0.4) is 0 Å². The molecule has 2 fully saturated rings. The molecule has 0 saturated carbocycles. The van der Waals surface area contributed by atoms with E-state index in [4.69, 9.17) is 11.5 Å². The van der Waals surface area contributed by atoms with Crippen LogP contribution in [0.4, 0.5) is 40.8 Å². The standard InChI is InChI=1S/C23H30F3N5O.C21H26FN5O2.6H2/c1-4-6-15-12-31(13-16(29-15)11-14(2)3)19-9-8-18(23(24,25)26)20(30-19)21(32)17-7-5-10-28-22(17)27;1-13(22)15-6-7-17(27-10-9-24-14(12-27)11-21(2,3)29)26-18(15)19(28)16-5-4-8-25-20(16)23;;;;;;/h5,7-10,14-16,29H,4,6,11-13H2,1-3H3,(H2,27,28);4-8,14,24,29H,1,9-12H2,2-3H3,(H2,23,25);6*1H/t15-,16-;;;;;;;/m0......./s1. The summed E-state index contributed by atoms with van der Waals surface area (Å²) in [5, 5.41) is 17.1. The molecule has 1 unspecified atom stereocenters. The number of anilines is 4. The molecule has 2 saturated heterocycles. The molecule has 6 heterocycles. The van der Waals surface area contributed by atoms with E-state index in [0.717, 1.165) is 25.3 Å². The minimum absolute atomic E-state index is 0. The number of carbonyl (C=O) groups is 2. The highest BCUT2D eigenvalue weighted by Gasteiger charge is 2.38. The van der Waals surface area contributed by atoms with Gasteiger partial charge in [-0.25, -0.2) is 24.3 Å². The van der Waals surface area contributed by atoms with Crippen LogP contribution in [-0.4, -0.2) is 93.1 Å². The Kier molecular flexibility index (Phi) is 15.2. The van der Waals surface area contributed by atoms with E-state index in [1.807, 2.05) is 9.80 Å². The number of nitrogen functional groups attached to an aromatic ring is 2. The van der Waals surface area contributed by atoms with Crippen LogP contribution in [0.15, 0.2) is 67.5 Å². The Labute approximate surface area is 363 Å². The van der Waals surface area contributed by atoms with Crippen molar-refractivity contribution in [1.29, 1.82) is 0 Å². The first-order chi connectivity index (χ1) is 28.7. The maximum atomic E-state index is 14.0. The highest BCUT2D eigenvalue weighted by molar-refractivity contribution is 6.13. The maximum Gasteiger partial charge on any atom is 0.418 e. The average molecular weight is 861 g/mol. The Morgan fingerprint density at radius 2 is 1.43 bits per heavy atom. The Bertz CT molecular complexity index is 2210. The summed E-state index contributed by atoms with van der Waals surface area (Å²) in [7, 11) is 0. The van der Waals surface area contributed by atoms with Crippen molar-refractivity contribution in [1.82, 2.24) is 30.6 Å². The van der Waals surface area contributed by atoms with Gasteiger partial charge in [-0.1, -0.05) is 33.8 Å². The number of hydrogen-bond acceptors (Lipinski definition) is 13. The van der Waals surface area contributed by atoms with Gasteiger partial charge >= 0.3 is 6.18 Å². The molecule has 2 aliphatic heterocycles. The van der Waals surface area contributed by atoms with Gasteiger partial charge in [0.25, 0.3) is 0 Å². The van der Waals surface area contributed by atoms with Crippen molar-refractivity contribution in [2.75, 3.05) is 54.0 Å². The number of piperazine rings is 2. The number of hydrogen-bond donors (Lipinski definition) is 5. The molecule has 4 aromatic heterocycles. The normalized spacial score (nSPS) is 18.4. The van der Waals surface area contributed by atoms with Crippen molar-refractivity contribution >= 4 is 40.7 Å². The van der Waals surface area contributed by atoms with Gasteiger partial charge in [0.1, 0.15) is 40.5 Å². The number of alkyl halides is 3. The van der Waals surface area contributed by atoms with E-state index in [1.165, 1.54) is 42.7 Å². The minimum Gasteiger partial charge on any atom is -0.390 e. The monoisotopic (exact) mass is 861 g/mol. The minimum atomic E-state index is -4.72. The van der Waals surface area contributed by atoms with Gasteiger partial charge in [-0.3, -0.25) is 9.59 Å². The molecule has 0 aromatic carbocycles. The van der Waals surface area contributed by atoms with Gasteiger partial charge in [0.15, 0.2) is 0 Å². The van der Waals surface area contributed by atoms with Crippen LogP contribution >= 0.6 is 0 Å². The zero-order chi connectivity index (χ0) is 44.6. The molecule has 17 heteroatoms. The van der Waals surface area contributed by atoms with Gasteiger partial charge in [-0.15, -0.1) is 0 Å². The van der Waals surface area contributed by atoms with Gasteiger partial charge in [0.05, 0.1) is 22.3 Å². The molecule has 2 aliphatic rings. The van der Waals surface area contributed by atoms with Crippen LogP contribution in [0.5, 0.6) is 0 Å². The van der Waals surface area contributed by atoms with Gasteiger partial charge in [0, 0.05) is 77.4 Å². The van der Waals surface area contributed by atoms with Crippen LogP contribution in [0, 0.1) is 5.92 Å². The predicted molar refractivity (Wildman–Crippen MR) is 243 cm³/mol. The fraction of sp³-hybridized carbons (Fsp3) is 0.455. The lowest BCUT2D eigenvalue weighted by atomic mass is 9.97. The lowest BCUT2D eigenvalue weighted by Crippen LogP contribution is -2.57. The fourth-order valence-corrected chi connectivity index (χ4v) is 7.76. The number of pyridine rings is 4. The number of rotatable bonds is 13. The molecule has 3 atom stereocenters. The Morgan fingerprint density at radius 1 is 0.869 bits per heavy atom. The van der Waals surface area contributed by atoms with Crippen LogP contribution in [0.2, 0.25) is 0 Å². The third kappa shape index (κ3) is 12.3. The maximum absolute atomic E-state index is 14.0. The number of aliphatic hydroxyl groups is 1. The van der Waals surface area contributed by atoms with Crippen molar-refractivity contribution in [2.24, 2.45) is 5.92 Å². The van der Waals surface area contributed by atoms with E-state index in [9.17, 15) is 32.3 Å². The summed E-state index contributed by atoms with van der Waals surface area (Å²) >= 11 is 0. The molecule has 61 heavy (non-hydrogen) atoms. The molecule has 13 nitrogen and oxygen atoms in total. The zero-order valence-electron chi connectivity index (χ0n) is 35.3. The lowest BCUT2D eigenvalue weighted by molar-refractivity contribution is -0.138. The first-order valence-corrected chi connectivity index (χ1v) is 20.4. The van der Waals surface area contributed by atoms with E-state index in [-0.39, 0.29) is 60.7 Å². The average Bonchev–Trinajstić information content (AvgIpc) is 3.19. The number of nitrogens with one attached hydrogen (secondary N) is 2. The summed E-state index contributed by atoms with van der Waals surface area (Å²) in [6.45, 7) is 16.4. The topological polar surface area (TPSA) is 189 Å². The van der Waals surface area contributed by atoms with Crippen LogP contribution in [-0.2, 0) is 6.18 Å². The molecule has 0 aliphatic carbocycles. The summed E-state index contributed by atoms with van der Waals surface area (Å²) in [6.07, 6.45) is 1.59. The Morgan fingerprint density at radius 3 is 1.98 bits per heavy atom. The second-order valence-electron chi connectivity index (χ2n) is 16.6. The van der Waals surface area contributed by atoms with E-state index < -0.39 is 40.4 Å². The van der Waals surface area contributed by atoms with Gasteiger partial charge in [0.2, 0.25) is 11.6 Å². The number of halogens is 4. The van der Waals surface area contributed by atoms with Crippen molar-refractivity contribution in [3.8, 4) is 0 Å². The van der Waals surface area contributed by atoms with Gasteiger partial charge in [-0.05, 0) is 87.6 Å². The van der Waals surface area contributed by atoms with Crippen LogP contribution in [0.25, 0.3) is 5.83 Å². The summed E-state index contributed by atoms with van der Waals surface area (Å²) in [6, 6.07) is 11.9. The molecular weight excluding hydrogens is 793 g/mol. The van der Waals surface area contributed by atoms with Crippen molar-refractivity contribution in [3.05, 3.63) is 101 Å². The largest absolute Gasteiger partial charge is 0.418 e. The number of nitrogens with two attached hydrogens (primary N) is 2. The molecule has 0 radical (unpaired) electrons. The summed E-state index contributed by atoms with van der Waals surface area (Å²) in [4.78, 5) is 46.5. The number of nitrogens with zero attached hydrogens (tertiary/aromatic N) is 6. The number of aromatic nitrogens is 4. The molecule has 4 aromatic rings. The molecule has 0 bridgehead atoms. The second-order valence-corrected chi connectivity index (χ2v) is 16.6. The quantitative estimate of drug-likeness (QED) is 0.0644. The number of ketones is 2. The van der Waals surface area contributed by atoms with Gasteiger partial charge in [-0.2, -0.15) is 13.2 Å². The van der Waals surface area contributed by atoms with E-state index >= 15 is 0 Å². The van der Waals surface area contributed by atoms with Gasteiger partial charge < -0.3 is 37.0 Å². The molecular formula is C44H68F4N10O3. The fourth-order valence-electron chi connectivity index (χ4n) is 7.76. The second kappa shape index (κ2) is 19.9. The molecule has 0 spiro atoms. The molecule has 7 N–H and O–H groups in total.